The van der Waals surface area contributed by atoms with Gasteiger partial charge in [0.2, 0.25) is 0 Å². The number of carbonyl (C=O) groups excluding carboxylic acids is 2. The highest BCUT2D eigenvalue weighted by atomic mass is 16.6. The van der Waals surface area contributed by atoms with Crippen LogP contribution < -0.4 is 0 Å². The molecule has 1 amide bonds. The normalized spacial score (nSPS) is 19.0. The summed E-state index contributed by atoms with van der Waals surface area (Å²) < 4.78 is 7.41. The fourth-order valence-corrected chi connectivity index (χ4v) is 5.52. The Kier molecular flexibility index (Phi) is 6.84. The van der Waals surface area contributed by atoms with Gasteiger partial charge in [-0.2, -0.15) is 0 Å². The highest BCUT2D eigenvalue weighted by molar-refractivity contribution is 5.95. The second-order valence-electron chi connectivity index (χ2n) is 10.9. The quantitative estimate of drug-likeness (QED) is 0.364. The standard InChI is InChI=1S/C32H34N2O4/c1-21(22-13-7-5-8-14-22)33-20-19-25-24-17-11-12-18-26(24)34(31(37)38-32(2,3)4)28(25)27(29(35)30(33)36)23-15-9-6-10-16-23/h5-18,21,27,29,35H,19-20H2,1-4H3/t21-,27-,29+/m0/s1. The zero-order chi connectivity index (χ0) is 27.0. The molecule has 0 radical (unpaired) electrons. The summed E-state index contributed by atoms with van der Waals surface area (Å²) in [6.07, 6.45) is -1.39. The summed E-state index contributed by atoms with van der Waals surface area (Å²) in [6, 6.07) is 26.8. The number of amides is 1. The molecule has 5 rings (SSSR count). The molecule has 0 aliphatic carbocycles. The first kappa shape index (κ1) is 25.7. The number of fused-ring (bicyclic) bond motifs is 3. The molecule has 6 nitrogen and oxygen atoms in total. The average molecular weight is 511 g/mol. The van der Waals surface area contributed by atoms with E-state index in [0.717, 1.165) is 22.1 Å². The van der Waals surface area contributed by atoms with Crippen molar-refractivity contribution >= 4 is 22.9 Å². The molecule has 4 aromatic rings. The fraction of sp³-hybridized carbons (Fsp3) is 0.312. The number of benzene rings is 3. The molecule has 0 saturated carbocycles. The first-order valence-corrected chi connectivity index (χ1v) is 13.1. The molecule has 1 aliphatic rings. The Bertz CT molecular complexity index is 1450. The molecule has 3 aromatic carbocycles. The van der Waals surface area contributed by atoms with Crippen LogP contribution in [-0.4, -0.2) is 44.8 Å². The van der Waals surface area contributed by atoms with Gasteiger partial charge in [-0.3, -0.25) is 4.79 Å². The number of rotatable bonds is 3. The van der Waals surface area contributed by atoms with E-state index in [-0.39, 0.29) is 11.9 Å². The van der Waals surface area contributed by atoms with E-state index in [0.29, 0.717) is 24.2 Å². The van der Waals surface area contributed by atoms with Crippen LogP contribution in [0.15, 0.2) is 84.9 Å². The third-order valence-electron chi connectivity index (χ3n) is 7.25. The van der Waals surface area contributed by atoms with Gasteiger partial charge >= 0.3 is 6.09 Å². The van der Waals surface area contributed by atoms with Gasteiger partial charge in [0, 0.05) is 17.6 Å². The van der Waals surface area contributed by atoms with Crippen molar-refractivity contribution in [2.75, 3.05) is 6.54 Å². The summed E-state index contributed by atoms with van der Waals surface area (Å²) in [5.74, 6) is -1.12. The Morgan fingerprint density at radius 3 is 2.21 bits per heavy atom. The summed E-state index contributed by atoms with van der Waals surface area (Å²) in [5, 5.41) is 12.7. The van der Waals surface area contributed by atoms with Crippen molar-refractivity contribution < 1.29 is 19.4 Å². The van der Waals surface area contributed by atoms with Crippen molar-refractivity contribution in [3.63, 3.8) is 0 Å². The summed E-state index contributed by atoms with van der Waals surface area (Å²) in [4.78, 5) is 29.4. The van der Waals surface area contributed by atoms with Crippen LogP contribution in [0.2, 0.25) is 0 Å². The van der Waals surface area contributed by atoms with Crippen LogP contribution in [0.3, 0.4) is 0 Å². The molecule has 0 saturated heterocycles. The number of ether oxygens (including phenoxy) is 1. The smallest absolute Gasteiger partial charge is 0.419 e. The highest BCUT2D eigenvalue weighted by Crippen LogP contribution is 2.40. The van der Waals surface area contributed by atoms with E-state index in [1.54, 1.807) is 9.47 Å². The van der Waals surface area contributed by atoms with Gasteiger partial charge in [-0.05, 0) is 56.9 Å². The van der Waals surface area contributed by atoms with Gasteiger partial charge in [0.05, 0.1) is 17.5 Å². The van der Waals surface area contributed by atoms with Crippen LogP contribution in [0.4, 0.5) is 4.79 Å². The lowest BCUT2D eigenvalue weighted by atomic mass is 9.84. The number of aromatic nitrogens is 1. The van der Waals surface area contributed by atoms with Crippen molar-refractivity contribution in [2.24, 2.45) is 0 Å². The molecule has 38 heavy (non-hydrogen) atoms. The van der Waals surface area contributed by atoms with Gasteiger partial charge in [0.15, 0.2) is 0 Å². The van der Waals surface area contributed by atoms with Crippen LogP contribution >= 0.6 is 0 Å². The zero-order valence-corrected chi connectivity index (χ0v) is 22.3. The van der Waals surface area contributed by atoms with Crippen molar-refractivity contribution in [2.45, 2.75) is 57.8 Å². The lowest BCUT2D eigenvalue weighted by Crippen LogP contribution is -2.46. The summed E-state index contributed by atoms with van der Waals surface area (Å²) in [6.45, 7) is 7.88. The molecule has 3 atom stereocenters. The van der Waals surface area contributed by atoms with E-state index in [4.69, 9.17) is 4.74 Å². The predicted molar refractivity (Wildman–Crippen MR) is 148 cm³/mol. The van der Waals surface area contributed by atoms with E-state index in [1.165, 1.54) is 0 Å². The SMILES string of the molecule is C[C@@H](c1ccccc1)N1CCc2c(n(C(=O)OC(C)(C)C)c3ccccc23)[C@H](c2ccccc2)[C@@H](O)C1=O. The highest BCUT2D eigenvalue weighted by Gasteiger charge is 2.41. The second-order valence-corrected chi connectivity index (χ2v) is 10.9. The minimum atomic E-state index is -1.40. The maximum Gasteiger partial charge on any atom is 0.419 e. The molecular formula is C32H34N2O4. The number of para-hydroxylation sites is 1. The molecule has 1 aromatic heterocycles. The summed E-state index contributed by atoms with van der Waals surface area (Å²) >= 11 is 0. The molecule has 1 N–H and O–H groups in total. The van der Waals surface area contributed by atoms with Crippen LogP contribution in [0.25, 0.3) is 10.9 Å². The Labute approximate surface area is 223 Å². The Balaban J connectivity index is 1.74. The fourth-order valence-electron chi connectivity index (χ4n) is 5.52. The first-order valence-electron chi connectivity index (χ1n) is 13.1. The summed E-state index contributed by atoms with van der Waals surface area (Å²) in [5.41, 5.74) is 3.31. The molecule has 0 bridgehead atoms. The van der Waals surface area contributed by atoms with Gasteiger partial charge < -0.3 is 14.7 Å². The third kappa shape index (κ3) is 4.72. The first-order chi connectivity index (χ1) is 18.2. The molecule has 0 fully saturated rings. The molecule has 6 heteroatoms. The number of aliphatic hydroxyl groups is 1. The molecule has 0 unspecified atom stereocenters. The largest absolute Gasteiger partial charge is 0.443 e. The van der Waals surface area contributed by atoms with Crippen LogP contribution in [0.1, 0.15) is 62.0 Å². The minimum Gasteiger partial charge on any atom is -0.443 e. The lowest BCUT2D eigenvalue weighted by Gasteiger charge is -2.36. The zero-order valence-electron chi connectivity index (χ0n) is 22.3. The minimum absolute atomic E-state index is 0.226. The van der Waals surface area contributed by atoms with Crippen molar-refractivity contribution in [3.8, 4) is 0 Å². The van der Waals surface area contributed by atoms with Crippen molar-refractivity contribution in [1.82, 2.24) is 9.47 Å². The van der Waals surface area contributed by atoms with Crippen molar-refractivity contribution in [3.05, 3.63) is 107 Å². The average Bonchev–Trinajstić information content (AvgIpc) is 3.22. The van der Waals surface area contributed by atoms with Gasteiger partial charge in [0.1, 0.15) is 11.7 Å². The summed E-state index contributed by atoms with van der Waals surface area (Å²) in [7, 11) is 0. The van der Waals surface area contributed by atoms with Crippen LogP contribution in [-0.2, 0) is 16.0 Å². The van der Waals surface area contributed by atoms with E-state index < -0.39 is 23.7 Å². The molecule has 196 valence electrons. The number of hydrogen-bond donors (Lipinski definition) is 1. The van der Waals surface area contributed by atoms with Gasteiger partial charge in [0.25, 0.3) is 5.91 Å². The molecular weight excluding hydrogens is 476 g/mol. The Morgan fingerprint density at radius 1 is 0.947 bits per heavy atom. The molecule has 2 heterocycles. The third-order valence-corrected chi connectivity index (χ3v) is 7.25. The van der Waals surface area contributed by atoms with Crippen LogP contribution in [0.5, 0.6) is 0 Å². The number of nitrogens with zero attached hydrogens (tertiary/aromatic N) is 2. The molecule has 1 aliphatic heterocycles. The number of aliphatic hydroxyl groups excluding tert-OH is 1. The Hall–Kier alpha value is -3.90. The van der Waals surface area contributed by atoms with Crippen LogP contribution in [0, 0.1) is 0 Å². The topological polar surface area (TPSA) is 71.8 Å². The van der Waals surface area contributed by atoms with E-state index in [9.17, 15) is 14.7 Å². The second kappa shape index (κ2) is 10.1. The van der Waals surface area contributed by atoms with Gasteiger partial charge in [-0.15, -0.1) is 0 Å². The maximum absolute atomic E-state index is 14.0. The van der Waals surface area contributed by atoms with Gasteiger partial charge in [-0.1, -0.05) is 78.9 Å². The monoisotopic (exact) mass is 510 g/mol. The van der Waals surface area contributed by atoms with Gasteiger partial charge in [-0.25, -0.2) is 9.36 Å². The van der Waals surface area contributed by atoms with Crippen molar-refractivity contribution in [1.29, 1.82) is 0 Å². The maximum atomic E-state index is 14.0. The number of hydrogen-bond acceptors (Lipinski definition) is 4. The molecule has 0 spiro atoms. The van der Waals surface area contributed by atoms with E-state index in [1.807, 2.05) is 113 Å². The number of carbonyl (C=O) groups is 2. The van der Waals surface area contributed by atoms with E-state index >= 15 is 0 Å². The van der Waals surface area contributed by atoms with E-state index in [2.05, 4.69) is 0 Å². The predicted octanol–water partition coefficient (Wildman–Crippen LogP) is 6.06. The Morgan fingerprint density at radius 2 is 1.55 bits per heavy atom. The lowest BCUT2D eigenvalue weighted by molar-refractivity contribution is -0.143.